The number of aromatic nitrogens is 4. The van der Waals surface area contributed by atoms with E-state index >= 15 is 0 Å². The lowest BCUT2D eigenvalue weighted by Gasteiger charge is -2.07. The summed E-state index contributed by atoms with van der Waals surface area (Å²) in [5.74, 6) is 1.80. The number of aromatic amines is 2. The molecule has 1 aromatic carbocycles. The molecule has 10 nitrogen and oxygen atoms in total. The molecule has 3 aromatic rings. The number of benzene rings is 1. The van der Waals surface area contributed by atoms with Crippen molar-refractivity contribution in [2.45, 2.75) is 4.90 Å². The number of imidazole rings is 1. The maximum atomic E-state index is 12.8. The van der Waals surface area contributed by atoms with Gasteiger partial charge in [-0.3, -0.25) is 19.6 Å². The lowest BCUT2D eigenvalue weighted by atomic mass is 10.2. The molecule has 132 valence electrons. The quantitative estimate of drug-likeness (QED) is 0.501. The number of terminal acetylenes is 1. The fourth-order valence-electron chi connectivity index (χ4n) is 2.24. The van der Waals surface area contributed by atoms with E-state index in [1.807, 2.05) is 4.98 Å². The Morgan fingerprint density at radius 2 is 1.92 bits per heavy atom. The summed E-state index contributed by atoms with van der Waals surface area (Å²) in [6.07, 6.45) is 5.97. The van der Waals surface area contributed by atoms with Gasteiger partial charge in [0, 0.05) is 5.56 Å². The summed E-state index contributed by atoms with van der Waals surface area (Å²) in [4.78, 5) is 42.7. The molecule has 0 saturated heterocycles. The molecule has 0 unspecified atom stereocenters. The summed E-state index contributed by atoms with van der Waals surface area (Å²) >= 11 is 0. The van der Waals surface area contributed by atoms with Gasteiger partial charge in [0.2, 0.25) is 0 Å². The second-order valence-electron chi connectivity index (χ2n) is 5.06. The summed E-state index contributed by atoms with van der Waals surface area (Å²) in [6, 6.07) is 5.05. The van der Waals surface area contributed by atoms with Crippen molar-refractivity contribution in [2.24, 2.45) is 0 Å². The molecule has 1 amide bonds. The van der Waals surface area contributed by atoms with Crippen LogP contribution in [0.15, 0.2) is 45.1 Å². The minimum Gasteiger partial charge on any atom is -0.341 e. The zero-order chi connectivity index (χ0) is 18.9. The van der Waals surface area contributed by atoms with Gasteiger partial charge in [0.05, 0.1) is 11.4 Å². The SMILES string of the molecule is C#CCNC(=O)c1ccc(S(=O)(=O)n2cnc3[nH]c(=O)[nH]c(=O)c32)cc1. The number of fused-ring (bicyclic) bond motifs is 1. The van der Waals surface area contributed by atoms with Crippen LogP contribution in [0.5, 0.6) is 0 Å². The lowest BCUT2D eigenvalue weighted by molar-refractivity contribution is 0.0958. The highest BCUT2D eigenvalue weighted by Gasteiger charge is 2.22. The van der Waals surface area contributed by atoms with Crippen LogP contribution in [0.25, 0.3) is 11.2 Å². The Morgan fingerprint density at radius 1 is 1.23 bits per heavy atom. The van der Waals surface area contributed by atoms with Gasteiger partial charge < -0.3 is 5.32 Å². The van der Waals surface area contributed by atoms with Crippen LogP contribution in [-0.2, 0) is 10.0 Å². The topological polar surface area (TPSA) is 147 Å². The molecule has 0 atom stereocenters. The molecule has 0 radical (unpaired) electrons. The fourth-order valence-corrected chi connectivity index (χ4v) is 3.53. The van der Waals surface area contributed by atoms with Crippen LogP contribution in [0.4, 0.5) is 0 Å². The Hall–Kier alpha value is -3.65. The summed E-state index contributed by atoms with van der Waals surface area (Å²) in [5, 5.41) is 2.45. The Balaban J connectivity index is 2.04. The number of hydrogen-bond acceptors (Lipinski definition) is 6. The van der Waals surface area contributed by atoms with Gasteiger partial charge >= 0.3 is 5.69 Å². The van der Waals surface area contributed by atoms with Crippen molar-refractivity contribution in [1.29, 1.82) is 0 Å². The molecule has 0 aliphatic heterocycles. The maximum Gasteiger partial charge on any atom is 0.327 e. The van der Waals surface area contributed by atoms with Crippen molar-refractivity contribution in [2.75, 3.05) is 6.54 Å². The molecular weight excluding hydrogens is 362 g/mol. The number of carbonyl (C=O) groups is 1. The Labute approximate surface area is 146 Å². The van der Waals surface area contributed by atoms with Crippen LogP contribution < -0.4 is 16.6 Å². The minimum atomic E-state index is -4.17. The molecule has 26 heavy (non-hydrogen) atoms. The van der Waals surface area contributed by atoms with E-state index in [4.69, 9.17) is 6.42 Å². The van der Waals surface area contributed by atoms with Gasteiger partial charge in [-0.05, 0) is 24.3 Å². The fraction of sp³-hybridized carbons (Fsp3) is 0.0667. The largest absolute Gasteiger partial charge is 0.341 e. The van der Waals surface area contributed by atoms with E-state index in [0.29, 0.717) is 3.97 Å². The summed E-state index contributed by atoms with van der Waals surface area (Å²) in [7, 11) is -4.17. The van der Waals surface area contributed by atoms with Gasteiger partial charge in [0.1, 0.15) is 6.33 Å². The molecule has 0 saturated carbocycles. The first kappa shape index (κ1) is 17.2. The maximum absolute atomic E-state index is 12.8. The molecule has 0 fully saturated rings. The third kappa shape index (κ3) is 2.89. The average molecular weight is 373 g/mol. The van der Waals surface area contributed by atoms with E-state index in [1.165, 1.54) is 24.3 Å². The summed E-state index contributed by atoms with van der Waals surface area (Å²) in [6.45, 7) is 0.0425. The third-order valence-corrected chi connectivity index (χ3v) is 5.10. The highest BCUT2D eigenvalue weighted by atomic mass is 32.2. The van der Waals surface area contributed by atoms with Crippen LogP contribution in [0, 0.1) is 12.3 Å². The molecule has 0 aliphatic rings. The minimum absolute atomic E-state index is 0.0425. The zero-order valence-corrected chi connectivity index (χ0v) is 13.8. The van der Waals surface area contributed by atoms with Gasteiger partial charge in [-0.2, -0.15) is 0 Å². The molecule has 3 N–H and O–H groups in total. The molecular formula is C15H11N5O5S. The number of amides is 1. The number of carbonyl (C=O) groups excluding carboxylic acids is 1. The monoisotopic (exact) mass is 373 g/mol. The number of H-pyrrole nitrogens is 2. The smallest absolute Gasteiger partial charge is 0.327 e. The molecule has 2 aromatic heterocycles. The van der Waals surface area contributed by atoms with Gasteiger partial charge in [0.25, 0.3) is 21.5 Å². The van der Waals surface area contributed by atoms with Crippen molar-refractivity contribution in [3.63, 3.8) is 0 Å². The first-order chi connectivity index (χ1) is 12.3. The second-order valence-corrected chi connectivity index (χ2v) is 6.88. The standard InChI is InChI=1S/C15H11N5O5S/c1-2-7-16-13(21)9-3-5-10(6-4-9)26(24,25)20-8-17-12-11(20)14(22)19-15(23)18-12/h1,3-6,8H,7H2,(H,16,21)(H2,18,19,22,23). The first-order valence-corrected chi connectivity index (χ1v) is 8.55. The summed E-state index contributed by atoms with van der Waals surface area (Å²) < 4.78 is 26.2. The molecule has 0 bridgehead atoms. The van der Waals surface area contributed by atoms with Crippen molar-refractivity contribution in [1.82, 2.24) is 24.2 Å². The van der Waals surface area contributed by atoms with E-state index in [9.17, 15) is 22.8 Å². The van der Waals surface area contributed by atoms with E-state index in [0.717, 1.165) is 6.33 Å². The van der Waals surface area contributed by atoms with E-state index in [1.54, 1.807) is 0 Å². The zero-order valence-electron chi connectivity index (χ0n) is 13.0. The predicted octanol–water partition coefficient (Wildman–Crippen LogP) is -0.987. The van der Waals surface area contributed by atoms with E-state index in [-0.39, 0.29) is 28.2 Å². The number of nitrogens with zero attached hydrogens (tertiary/aromatic N) is 2. The molecule has 0 aliphatic carbocycles. The first-order valence-electron chi connectivity index (χ1n) is 7.11. The van der Waals surface area contributed by atoms with Gasteiger partial charge in [-0.25, -0.2) is 22.2 Å². The number of hydrogen-bond donors (Lipinski definition) is 3. The average Bonchev–Trinajstić information content (AvgIpc) is 3.04. The van der Waals surface area contributed by atoms with Crippen LogP contribution in [0.2, 0.25) is 0 Å². The van der Waals surface area contributed by atoms with Gasteiger partial charge in [0.15, 0.2) is 11.2 Å². The Morgan fingerprint density at radius 3 is 2.58 bits per heavy atom. The number of rotatable bonds is 4. The second kappa shape index (κ2) is 6.34. The van der Waals surface area contributed by atoms with Crippen molar-refractivity contribution >= 4 is 27.1 Å². The molecule has 3 rings (SSSR count). The third-order valence-electron chi connectivity index (χ3n) is 3.43. The van der Waals surface area contributed by atoms with Crippen LogP contribution in [0.1, 0.15) is 10.4 Å². The summed E-state index contributed by atoms with van der Waals surface area (Å²) in [5.41, 5.74) is -1.95. The highest BCUT2D eigenvalue weighted by Crippen LogP contribution is 2.17. The molecule has 2 heterocycles. The predicted molar refractivity (Wildman–Crippen MR) is 91.2 cm³/mol. The Bertz CT molecular complexity index is 1260. The number of nitrogens with one attached hydrogen (secondary N) is 3. The Kier molecular flexibility index (Phi) is 4.19. The lowest BCUT2D eigenvalue weighted by Crippen LogP contribution is -2.25. The normalized spacial score (nSPS) is 11.2. The van der Waals surface area contributed by atoms with Gasteiger partial charge in [-0.15, -0.1) is 6.42 Å². The van der Waals surface area contributed by atoms with Crippen molar-refractivity contribution in [3.8, 4) is 12.3 Å². The van der Waals surface area contributed by atoms with E-state index < -0.39 is 27.2 Å². The van der Waals surface area contributed by atoms with Crippen LogP contribution in [-0.4, -0.2) is 39.8 Å². The van der Waals surface area contributed by atoms with Crippen LogP contribution >= 0.6 is 0 Å². The van der Waals surface area contributed by atoms with Crippen LogP contribution in [0.3, 0.4) is 0 Å². The van der Waals surface area contributed by atoms with E-state index in [2.05, 4.69) is 21.2 Å². The molecule has 11 heteroatoms. The highest BCUT2D eigenvalue weighted by molar-refractivity contribution is 7.90. The van der Waals surface area contributed by atoms with Crippen molar-refractivity contribution < 1.29 is 13.2 Å². The van der Waals surface area contributed by atoms with Crippen molar-refractivity contribution in [3.05, 3.63) is 57.0 Å². The van der Waals surface area contributed by atoms with Gasteiger partial charge in [-0.1, -0.05) is 5.92 Å². The molecule has 0 spiro atoms.